The van der Waals surface area contributed by atoms with E-state index in [1.807, 2.05) is 36.1 Å². The molecule has 0 amide bonds. The Kier molecular flexibility index (Phi) is 2.47. The molecule has 1 aromatic heterocycles. The number of nitrogens with one attached hydrogen (secondary N) is 1. The van der Waals surface area contributed by atoms with Crippen molar-refractivity contribution in [3.05, 3.63) is 36.8 Å². The van der Waals surface area contributed by atoms with Crippen molar-refractivity contribution in [2.45, 2.75) is 0 Å². The average Bonchev–Trinajstić information content (AvgIpc) is 2.99. The maximum atomic E-state index is 6.32. The number of nitrogens with zero attached hydrogens (tertiary/aromatic N) is 6. The summed E-state index contributed by atoms with van der Waals surface area (Å²) in [4.78, 5) is 8.34. The molecule has 0 radical (unpaired) electrons. The van der Waals surface area contributed by atoms with Crippen molar-refractivity contribution in [3.8, 4) is 0 Å². The van der Waals surface area contributed by atoms with Gasteiger partial charge in [-0.1, -0.05) is 0 Å². The number of aromatic nitrogens is 2. The number of amidine groups is 1. The maximum Gasteiger partial charge on any atom is 0.300 e. The number of anilines is 1. The Hall–Kier alpha value is -2.51. The van der Waals surface area contributed by atoms with E-state index in [2.05, 4.69) is 25.5 Å². The molecule has 2 aliphatic heterocycles. The number of hydrogen-bond acceptors (Lipinski definition) is 5. The molecule has 21 heavy (non-hydrogen) atoms. The fourth-order valence-electron chi connectivity index (χ4n) is 2.25. The second-order valence-corrected chi connectivity index (χ2v) is 5.25. The highest BCUT2D eigenvalue weighted by molar-refractivity contribution is 6.36. The molecule has 0 bridgehead atoms. The van der Waals surface area contributed by atoms with E-state index in [-0.39, 0.29) is 4.11 Å². The highest BCUT2D eigenvalue weighted by Gasteiger charge is 2.39. The van der Waals surface area contributed by atoms with Gasteiger partial charge in [0.1, 0.15) is 6.21 Å². The minimum absolute atomic E-state index is 0.236. The van der Waals surface area contributed by atoms with E-state index in [4.69, 9.17) is 11.8 Å². The first-order chi connectivity index (χ1) is 10.1. The zero-order valence-electron chi connectivity index (χ0n) is 11.1. The lowest BCUT2D eigenvalue weighted by Gasteiger charge is -2.12. The smallest absolute Gasteiger partial charge is 0.300 e. The number of fused-ring (bicyclic) bond motifs is 2. The quantitative estimate of drug-likeness (QED) is 0.820. The van der Waals surface area contributed by atoms with Gasteiger partial charge in [0, 0.05) is 18.1 Å². The fourth-order valence-corrected chi connectivity index (χ4v) is 2.45. The van der Waals surface area contributed by atoms with Crippen LogP contribution in [0.15, 0.2) is 51.9 Å². The minimum Gasteiger partial charge on any atom is -0.320 e. The molecule has 0 saturated carbocycles. The lowest BCUT2D eigenvalue weighted by atomic mass is 10.2. The van der Waals surface area contributed by atoms with E-state index in [9.17, 15) is 0 Å². The van der Waals surface area contributed by atoms with Gasteiger partial charge in [-0.05, 0) is 27.4 Å². The SMILES string of the molecule is Cn1ncc2ccc(NC3=N[N+]4(Cl)C=CN=CC4=N3)cc21. The average molecular weight is 301 g/mol. The van der Waals surface area contributed by atoms with Crippen molar-refractivity contribution in [2.24, 2.45) is 22.1 Å². The summed E-state index contributed by atoms with van der Waals surface area (Å²) in [6.45, 7) is 0. The normalized spacial score (nSPS) is 23.1. The van der Waals surface area contributed by atoms with Crippen LogP contribution in [0.25, 0.3) is 10.9 Å². The Bertz CT molecular complexity index is 861. The van der Waals surface area contributed by atoms with Gasteiger partial charge in [0.25, 0.3) is 11.8 Å². The van der Waals surface area contributed by atoms with Crippen LogP contribution in [0.4, 0.5) is 5.69 Å². The molecule has 2 aromatic rings. The van der Waals surface area contributed by atoms with Crippen LogP contribution >= 0.6 is 11.8 Å². The summed E-state index contributed by atoms with van der Waals surface area (Å²) in [7, 11) is 1.90. The molecule has 4 rings (SSSR count). The van der Waals surface area contributed by atoms with Gasteiger partial charge in [-0.15, -0.1) is 4.99 Å². The number of aryl methyl sites for hydroxylation is 1. The predicted molar refractivity (Wildman–Crippen MR) is 83.0 cm³/mol. The van der Waals surface area contributed by atoms with Crippen molar-refractivity contribution in [1.29, 1.82) is 0 Å². The molecule has 7 nitrogen and oxygen atoms in total. The molecule has 1 atom stereocenters. The van der Waals surface area contributed by atoms with E-state index in [0.717, 1.165) is 16.6 Å². The third-order valence-electron chi connectivity index (χ3n) is 3.33. The van der Waals surface area contributed by atoms with Crippen LogP contribution in [0, 0.1) is 0 Å². The summed E-state index contributed by atoms with van der Waals surface area (Å²) >= 11 is 6.32. The molecular weight excluding hydrogens is 290 g/mol. The summed E-state index contributed by atoms with van der Waals surface area (Å²) in [6.07, 6.45) is 6.67. The third-order valence-corrected chi connectivity index (χ3v) is 3.69. The van der Waals surface area contributed by atoms with E-state index in [0.29, 0.717) is 11.8 Å². The number of aliphatic imine (C=N–C) groups is 2. The molecule has 0 spiro atoms. The Morgan fingerprint density at radius 2 is 2.24 bits per heavy atom. The third kappa shape index (κ3) is 1.94. The molecular formula is C13H11ClN7+. The standard InChI is InChI=1S/C13H11ClN7/c1-20-11-6-10(3-2-9(11)7-16-20)17-13-18-12-8-15-4-5-21(12,14)19-13/h2-8H,1H3,(H,17,19)/q+1. The van der Waals surface area contributed by atoms with Gasteiger partial charge in [-0.3, -0.25) is 9.67 Å². The van der Waals surface area contributed by atoms with E-state index in [1.54, 1.807) is 18.6 Å². The van der Waals surface area contributed by atoms with Gasteiger partial charge in [-0.2, -0.15) is 5.10 Å². The zero-order chi connectivity index (χ0) is 14.4. The van der Waals surface area contributed by atoms with Crippen molar-refractivity contribution in [2.75, 3.05) is 5.32 Å². The first-order valence-corrected chi connectivity index (χ1v) is 6.65. The topological polar surface area (TPSA) is 66.9 Å². The monoisotopic (exact) mass is 300 g/mol. The van der Waals surface area contributed by atoms with Crippen molar-refractivity contribution < 1.29 is 4.11 Å². The van der Waals surface area contributed by atoms with Gasteiger partial charge >= 0.3 is 0 Å². The van der Waals surface area contributed by atoms with Crippen LogP contribution in [-0.2, 0) is 7.05 Å². The van der Waals surface area contributed by atoms with Crippen LogP contribution in [0.3, 0.4) is 0 Å². The first-order valence-electron chi connectivity index (χ1n) is 6.32. The number of quaternary nitrogens is 1. The number of halogens is 1. The summed E-state index contributed by atoms with van der Waals surface area (Å²) in [5.74, 6) is 1.00. The minimum atomic E-state index is -0.236. The second-order valence-electron chi connectivity index (χ2n) is 4.74. The summed E-state index contributed by atoms with van der Waals surface area (Å²) in [6, 6.07) is 5.93. The van der Waals surface area contributed by atoms with Crippen LogP contribution in [0.1, 0.15) is 0 Å². The molecule has 1 N–H and O–H groups in total. The molecule has 0 saturated heterocycles. The lowest BCUT2D eigenvalue weighted by Crippen LogP contribution is -2.33. The van der Waals surface area contributed by atoms with Gasteiger partial charge in [-0.25, -0.2) is 0 Å². The first kappa shape index (κ1) is 12.2. The predicted octanol–water partition coefficient (Wildman–Crippen LogP) is 2.19. The maximum absolute atomic E-state index is 6.32. The van der Waals surface area contributed by atoms with Gasteiger partial charge in [0.2, 0.25) is 11.8 Å². The number of hydrogen-bond donors (Lipinski definition) is 1. The number of rotatable bonds is 1. The molecule has 1 aromatic carbocycles. The molecule has 1 unspecified atom stereocenters. The molecule has 3 heterocycles. The van der Waals surface area contributed by atoms with E-state index < -0.39 is 0 Å². The van der Waals surface area contributed by atoms with Crippen molar-refractivity contribution in [3.63, 3.8) is 0 Å². The molecule has 8 heteroatoms. The molecule has 104 valence electrons. The fraction of sp³-hybridized carbons (Fsp3) is 0.0769. The van der Waals surface area contributed by atoms with Crippen LogP contribution in [0.5, 0.6) is 0 Å². The Balaban J connectivity index is 1.68. The Morgan fingerprint density at radius 1 is 1.33 bits per heavy atom. The van der Waals surface area contributed by atoms with Gasteiger partial charge in [0.05, 0.1) is 17.9 Å². The van der Waals surface area contributed by atoms with Crippen molar-refractivity contribution in [1.82, 2.24) is 9.78 Å². The largest absolute Gasteiger partial charge is 0.320 e. The number of guanidine groups is 1. The van der Waals surface area contributed by atoms with Crippen LogP contribution in [0.2, 0.25) is 0 Å². The summed E-state index contributed by atoms with van der Waals surface area (Å²) in [5.41, 5.74) is 1.90. The summed E-state index contributed by atoms with van der Waals surface area (Å²) < 4.78 is 1.58. The van der Waals surface area contributed by atoms with E-state index in [1.165, 1.54) is 0 Å². The lowest BCUT2D eigenvalue weighted by molar-refractivity contribution is -0.659. The van der Waals surface area contributed by atoms with Crippen LogP contribution in [-0.4, -0.2) is 31.9 Å². The Labute approximate surface area is 125 Å². The zero-order valence-corrected chi connectivity index (χ0v) is 11.9. The second kappa shape index (κ2) is 4.24. The van der Waals surface area contributed by atoms with E-state index >= 15 is 0 Å². The van der Waals surface area contributed by atoms with Crippen LogP contribution < -0.4 is 5.32 Å². The molecule has 2 aliphatic rings. The van der Waals surface area contributed by atoms with Gasteiger partial charge in [0.15, 0.2) is 6.20 Å². The Morgan fingerprint density at radius 3 is 3.10 bits per heavy atom. The van der Waals surface area contributed by atoms with Crippen molar-refractivity contribution >= 4 is 46.4 Å². The summed E-state index contributed by atoms with van der Waals surface area (Å²) in [5, 5.41) is 12.8. The molecule has 0 fully saturated rings. The highest BCUT2D eigenvalue weighted by atomic mass is 35.5. The molecule has 0 aliphatic carbocycles. The number of benzene rings is 1. The van der Waals surface area contributed by atoms with Gasteiger partial charge < -0.3 is 5.32 Å². The highest BCUT2D eigenvalue weighted by Crippen LogP contribution is 2.25.